The van der Waals surface area contributed by atoms with Gasteiger partial charge < -0.3 is 10.2 Å². The number of hydrogen-bond acceptors (Lipinski definition) is 4. The van der Waals surface area contributed by atoms with Crippen molar-refractivity contribution in [1.82, 2.24) is 15.2 Å². The molecule has 2 aromatic rings. The SMILES string of the molecule is Cc1nc(CN(C)C)sc1C(=O)NCc1ccc(Cl)cc1. The standard InChI is InChI=1S/C15H18ClN3OS/c1-10-14(21-13(18-10)9-19(2)3)15(20)17-8-11-4-6-12(16)7-5-11/h4-7H,8-9H2,1-3H3,(H,17,20). The highest BCUT2D eigenvalue weighted by Crippen LogP contribution is 2.19. The summed E-state index contributed by atoms with van der Waals surface area (Å²) in [6.45, 7) is 3.10. The molecule has 21 heavy (non-hydrogen) atoms. The van der Waals surface area contributed by atoms with Crippen LogP contribution in [-0.4, -0.2) is 29.9 Å². The molecular weight excluding hydrogens is 306 g/mol. The Bertz CT molecular complexity index is 622. The van der Waals surface area contributed by atoms with E-state index in [0.29, 0.717) is 16.4 Å². The molecule has 0 aliphatic carbocycles. The summed E-state index contributed by atoms with van der Waals surface area (Å²) in [6.07, 6.45) is 0. The summed E-state index contributed by atoms with van der Waals surface area (Å²) in [7, 11) is 3.97. The number of thiazole rings is 1. The Balaban J connectivity index is 2.00. The highest BCUT2D eigenvalue weighted by atomic mass is 35.5. The van der Waals surface area contributed by atoms with Crippen molar-refractivity contribution in [2.75, 3.05) is 14.1 Å². The van der Waals surface area contributed by atoms with Gasteiger partial charge in [0.25, 0.3) is 5.91 Å². The predicted octanol–water partition coefficient (Wildman–Crippen LogP) is 3.10. The van der Waals surface area contributed by atoms with Crippen LogP contribution in [0, 0.1) is 6.92 Å². The zero-order valence-corrected chi connectivity index (χ0v) is 13.9. The van der Waals surface area contributed by atoms with Crippen LogP contribution in [0.15, 0.2) is 24.3 Å². The Morgan fingerprint density at radius 3 is 2.62 bits per heavy atom. The van der Waals surface area contributed by atoms with Crippen LogP contribution in [0.3, 0.4) is 0 Å². The number of aromatic nitrogens is 1. The normalized spacial score (nSPS) is 10.9. The van der Waals surface area contributed by atoms with E-state index >= 15 is 0 Å². The van der Waals surface area contributed by atoms with Crippen LogP contribution in [0.4, 0.5) is 0 Å². The minimum atomic E-state index is -0.0787. The lowest BCUT2D eigenvalue weighted by molar-refractivity contribution is 0.0954. The van der Waals surface area contributed by atoms with E-state index < -0.39 is 0 Å². The predicted molar refractivity (Wildman–Crippen MR) is 86.9 cm³/mol. The molecule has 1 amide bonds. The Hall–Kier alpha value is -1.43. The first-order valence-electron chi connectivity index (χ1n) is 6.59. The molecule has 2 rings (SSSR count). The minimum Gasteiger partial charge on any atom is -0.347 e. The molecule has 0 atom stereocenters. The maximum Gasteiger partial charge on any atom is 0.263 e. The zero-order valence-electron chi connectivity index (χ0n) is 12.3. The van der Waals surface area contributed by atoms with Gasteiger partial charge in [-0.1, -0.05) is 23.7 Å². The first-order chi connectivity index (χ1) is 9.95. The van der Waals surface area contributed by atoms with Crippen molar-refractivity contribution >= 4 is 28.8 Å². The van der Waals surface area contributed by atoms with Crippen LogP contribution >= 0.6 is 22.9 Å². The highest BCUT2D eigenvalue weighted by Gasteiger charge is 2.15. The van der Waals surface area contributed by atoms with Gasteiger partial charge in [0.1, 0.15) is 9.88 Å². The van der Waals surface area contributed by atoms with E-state index in [0.717, 1.165) is 22.8 Å². The molecule has 0 fully saturated rings. The lowest BCUT2D eigenvalue weighted by Crippen LogP contribution is -2.22. The number of rotatable bonds is 5. The van der Waals surface area contributed by atoms with Crippen molar-refractivity contribution in [3.05, 3.63) is 50.4 Å². The topological polar surface area (TPSA) is 45.2 Å². The average Bonchev–Trinajstić information content (AvgIpc) is 2.77. The summed E-state index contributed by atoms with van der Waals surface area (Å²) < 4.78 is 0. The Morgan fingerprint density at radius 1 is 1.33 bits per heavy atom. The Labute approximate surface area is 133 Å². The van der Waals surface area contributed by atoms with Gasteiger partial charge in [-0.15, -0.1) is 11.3 Å². The van der Waals surface area contributed by atoms with Crippen LogP contribution in [-0.2, 0) is 13.1 Å². The van der Waals surface area contributed by atoms with Gasteiger partial charge in [0, 0.05) is 18.1 Å². The lowest BCUT2D eigenvalue weighted by atomic mass is 10.2. The van der Waals surface area contributed by atoms with Gasteiger partial charge in [-0.25, -0.2) is 4.98 Å². The summed E-state index contributed by atoms with van der Waals surface area (Å²) in [6, 6.07) is 7.44. The summed E-state index contributed by atoms with van der Waals surface area (Å²) >= 11 is 7.28. The smallest absolute Gasteiger partial charge is 0.263 e. The van der Waals surface area contributed by atoms with Gasteiger partial charge in [-0.05, 0) is 38.7 Å². The third-order valence-corrected chi connectivity index (χ3v) is 4.26. The number of carbonyl (C=O) groups excluding carboxylic acids is 1. The molecule has 112 valence electrons. The lowest BCUT2D eigenvalue weighted by Gasteiger charge is -2.05. The van der Waals surface area contributed by atoms with Crippen molar-refractivity contribution in [2.45, 2.75) is 20.0 Å². The van der Waals surface area contributed by atoms with Gasteiger partial charge in [-0.3, -0.25) is 4.79 Å². The molecule has 1 N–H and O–H groups in total. The van der Waals surface area contributed by atoms with E-state index in [9.17, 15) is 4.79 Å². The number of hydrogen-bond donors (Lipinski definition) is 1. The second-order valence-corrected chi connectivity index (χ2v) is 6.59. The highest BCUT2D eigenvalue weighted by molar-refractivity contribution is 7.13. The van der Waals surface area contributed by atoms with Gasteiger partial charge in [0.2, 0.25) is 0 Å². The molecule has 0 saturated heterocycles. The molecule has 0 unspecified atom stereocenters. The molecule has 1 aromatic heterocycles. The third-order valence-electron chi connectivity index (χ3n) is 2.86. The molecule has 0 bridgehead atoms. The monoisotopic (exact) mass is 323 g/mol. The largest absolute Gasteiger partial charge is 0.347 e. The first-order valence-corrected chi connectivity index (χ1v) is 7.79. The van der Waals surface area contributed by atoms with E-state index in [1.54, 1.807) is 0 Å². The number of nitrogens with zero attached hydrogens (tertiary/aromatic N) is 2. The second kappa shape index (κ2) is 7.02. The van der Waals surface area contributed by atoms with Crippen LogP contribution < -0.4 is 5.32 Å². The summed E-state index contributed by atoms with van der Waals surface area (Å²) in [5, 5.41) is 4.56. The van der Waals surface area contributed by atoms with Crippen LogP contribution in [0.5, 0.6) is 0 Å². The molecule has 0 aliphatic heterocycles. The van der Waals surface area contributed by atoms with E-state index in [1.165, 1.54) is 11.3 Å². The van der Waals surface area contributed by atoms with Gasteiger partial charge in [0.05, 0.1) is 5.69 Å². The van der Waals surface area contributed by atoms with E-state index in [-0.39, 0.29) is 5.91 Å². The van der Waals surface area contributed by atoms with Crippen molar-refractivity contribution in [3.63, 3.8) is 0 Å². The maximum atomic E-state index is 12.2. The van der Waals surface area contributed by atoms with Crippen molar-refractivity contribution < 1.29 is 4.79 Å². The first kappa shape index (κ1) is 15.9. The Morgan fingerprint density at radius 2 is 2.00 bits per heavy atom. The summed E-state index contributed by atoms with van der Waals surface area (Å²) in [5.41, 5.74) is 1.80. The molecule has 1 heterocycles. The number of carbonyl (C=O) groups is 1. The fraction of sp³-hybridized carbons (Fsp3) is 0.333. The quantitative estimate of drug-likeness (QED) is 0.919. The fourth-order valence-electron chi connectivity index (χ4n) is 1.87. The molecule has 0 spiro atoms. The van der Waals surface area contributed by atoms with E-state index in [4.69, 9.17) is 11.6 Å². The molecule has 6 heteroatoms. The molecule has 0 aliphatic rings. The fourth-order valence-corrected chi connectivity index (χ4v) is 3.09. The molecule has 0 radical (unpaired) electrons. The van der Waals surface area contributed by atoms with Crippen LogP contribution in [0.2, 0.25) is 5.02 Å². The maximum absolute atomic E-state index is 12.2. The van der Waals surface area contributed by atoms with Crippen molar-refractivity contribution in [2.24, 2.45) is 0 Å². The number of benzene rings is 1. The van der Waals surface area contributed by atoms with Crippen molar-refractivity contribution in [3.8, 4) is 0 Å². The second-order valence-electron chi connectivity index (χ2n) is 5.07. The number of nitrogens with one attached hydrogen (secondary N) is 1. The van der Waals surface area contributed by atoms with Crippen LogP contribution in [0.1, 0.15) is 25.9 Å². The molecule has 1 aromatic carbocycles. The number of aryl methyl sites for hydroxylation is 1. The van der Waals surface area contributed by atoms with E-state index in [2.05, 4.69) is 10.3 Å². The number of halogens is 1. The van der Waals surface area contributed by atoms with Gasteiger partial charge >= 0.3 is 0 Å². The number of amides is 1. The van der Waals surface area contributed by atoms with Gasteiger partial charge in [0.15, 0.2) is 0 Å². The molecular formula is C15H18ClN3OS. The summed E-state index contributed by atoms with van der Waals surface area (Å²) in [5.74, 6) is -0.0787. The average molecular weight is 324 g/mol. The minimum absolute atomic E-state index is 0.0787. The molecule has 4 nitrogen and oxygen atoms in total. The third kappa shape index (κ3) is 4.52. The van der Waals surface area contributed by atoms with E-state index in [1.807, 2.05) is 50.2 Å². The molecule has 0 saturated carbocycles. The van der Waals surface area contributed by atoms with Crippen LogP contribution in [0.25, 0.3) is 0 Å². The summed E-state index contributed by atoms with van der Waals surface area (Å²) in [4.78, 5) is 19.4. The zero-order chi connectivity index (χ0) is 15.4. The van der Waals surface area contributed by atoms with Gasteiger partial charge in [-0.2, -0.15) is 0 Å². The Kier molecular flexibility index (Phi) is 5.33. The van der Waals surface area contributed by atoms with Crippen molar-refractivity contribution in [1.29, 1.82) is 0 Å².